The first-order valence-electron chi connectivity index (χ1n) is 9.78. The van der Waals surface area contributed by atoms with Crippen molar-refractivity contribution < 1.29 is 9.21 Å². The van der Waals surface area contributed by atoms with Crippen molar-refractivity contribution in [2.45, 2.75) is 38.3 Å². The normalized spacial score (nSPS) is 25.9. The van der Waals surface area contributed by atoms with Crippen LogP contribution in [-0.2, 0) is 11.3 Å². The Bertz CT molecular complexity index is 753. The van der Waals surface area contributed by atoms with E-state index in [1.54, 1.807) is 0 Å². The SMILES string of the molecule is CCN1CC[C@@]2(CCC1=O)CN(Cc1cc3ccccc3o1)CCN2C. The van der Waals surface area contributed by atoms with Crippen LogP contribution in [0.15, 0.2) is 34.7 Å². The highest BCUT2D eigenvalue weighted by molar-refractivity contribution is 5.77. The first-order chi connectivity index (χ1) is 12.6. The molecular formula is C21H29N3O2. The maximum atomic E-state index is 12.3. The predicted octanol–water partition coefficient (Wildman–Crippen LogP) is 2.95. The van der Waals surface area contributed by atoms with Gasteiger partial charge in [0, 0.05) is 50.1 Å². The van der Waals surface area contributed by atoms with Crippen molar-refractivity contribution in [1.29, 1.82) is 0 Å². The van der Waals surface area contributed by atoms with Crippen LogP contribution in [-0.4, -0.2) is 65.9 Å². The monoisotopic (exact) mass is 355 g/mol. The molecular weight excluding hydrogens is 326 g/mol. The van der Waals surface area contributed by atoms with Crippen molar-refractivity contribution in [3.8, 4) is 0 Å². The van der Waals surface area contributed by atoms with Crippen LogP contribution in [0.2, 0.25) is 0 Å². The number of likely N-dealkylation sites (N-methyl/N-ethyl adjacent to an activating group) is 1. The Hall–Kier alpha value is -1.85. The van der Waals surface area contributed by atoms with Crippen molar-refractivity contribution in [3.63, 3.8) is 0 Å². The summed E-state index contributed by atoms with van der Waals surface area (Å²) in [7, 11) is 2.23. The fourth-order valence-electron chi connectivity index (χ4n) is 4.58. The molecule has 1 aromatic carbocycles. The minimum absolute atomic E-state index is 0.101. The zero-order valence-electron chi connectivity index (χ0n) is 15.9. The van der Waals surface area contributed by atoms with Crippen LogP contribution in [0.5, 0.6) is 0 Å². The van der Waals surface area contributed by atoms with E-state index in [0.717, 1.165) is 63.5 Å². The average Bonchev–Trinajstić information content (AvgIpc) is 2.98. The molecule has 1 atom stereocenters. The molecule has 0 unspecified atom stereocenters. The lowest BCUT2D eigenvalue weighted by Crippen LogP contribution is -2.60. The molecule has 0 N–H and O–H groups in total. The molecule has 3 heterocycles. The van der Waals surface area contributed by atoms with Gasteiger partial charge in [0.25, 0.3) is 0 Å². The third-order valence-electron chi connectivity index (χ3n) is 6.32. The first kappa shape index (κ1) is 17.6. The van der Waals surface area contributed by atoms with E-state index in [4.69, 9.17) is 4.42 Å². The fraction of sp³-hybridized carbons (Fsp3) is 0.571. The van der Waals surface area contributed by atoms with E-state index in [9.17, 15) is 4.79 Å². The van der Waals surface area contributed by atoms with Gasteiger partial charge in [0.1, 0.15) is 11.3 Å². The van der Waals surface area contributed by atoms with E-state index in [1.165, 1.54) is 5.39 Å². The van der Waals surface area contributed by atoms with E-state index in [-0.39, 0.29) is 5.54 Å². The molecule has 2 aromatic rings. The predicted molar refractivity (Wildman–Crippen MR) is 103 cm³/mol. The number of hydrogen-bond acceptors (Lipinski definition) is 4. The van der Waals surface area contributed by atoms with E-state index < -0.39 is 0 Å². The Labute approximate surface area is 155 Å². The number of benzene rings is 1. The summed E-state index contributed by atoms with van der Waals surface area (Å²) in [5.41, 5.74) is 1.06. The highest BCUT2D eigenvalue weighted by atomic mass is 16.3. The van der Waals surface area contributed by atoms with Gasteiger partial charge in [0.2, 0.25) is 5.91 Å². The molecule has 2 aliphatic heterocycles. The Balaban J connectivity index is 1.50. The molecule has 5 nitrogen and oxygen atoms in total. The zero-order valence-corrected chi connectivity index (χ0v) is 15.9. The molecule has 2 fully saturated rings. The largest absolute Gasteiger partial charge is 0.460 e. The third kappa shape index (κ3) is 3.26. The molecule has 0 aliphatic carbocycles. The molecule has 0 bridgehead atoms. The van der Waals surface area contributed by atoms with Gasteiger partial charge >= 0.3 is 0 Å². The Morgan fingerprint density at radius 1 is 1.15 bits per heavy atom. The maximum Gasteiger partial charge on any atom is 0.222 e. The third-order valence-corrected chi connectivity index (χ3v) is 6.32. The smallest absolute Gasteiger partial charge is 0.222 e. The molecule has 0 radical (unpaired) electrons. The number of furan rings is 1. The second-order valence-electron chi connectivity index (χ2n) is 7.83. The summed E-state index contributed by atoms with van der Waals surface area (Å²) < 4.78 is 6.03. The van der Waals surface area contributed by atoms with Gasteiger partial charge in [-0.1, -0.05) is 18.2 Å². The Morgan fingerprint density at radius 2 is 2.00 bits per heavy atom. The highest BCUT2D eigenvalue weighted by Crippen LogP contribution is 2.33. The molecule has 26 heavy (non-hydrogen) atoms. The van der Waals surface area contributed by atoms with Crippen LogP contribution < -0.4 is 0 Å². The minimum atomic E-state index is 0.101. The number of piperazine rings is 1. The van der Waals surface area contributed by atoms with Gasteiger partial charge in [-0.15, -0.1) is 0 Å². The fourth-order valence-corrected chi connectivity index (χ4v) is 4.58. The number of carbonyl (C=O) groups excluding carboxylic acids is 1. The summed E-state index contributed by atoms with van der Waals surface area (Å²) in [6.07, 6.45) is 2.67. The van der Waals surface area contributed by atoms with Gasteiger partial charge in [-0.05, 0) is 38.9 Å². The van der Waals surface area contributed by atoms with Crippen LogP contribution in [0.3, 0.4) is 0 Å². The van der Waals surface area contributed by atoms with Crippen molar-refractivity contribution in [1.82, 2.24) is 14.7 Å². The van der Waals surface area contributed by atoms with Crippen molar-refractivity contribution in [2.24, 2.45) is 0 Å². The van der Waals surface area contributed by atoms with E-state index in [0.29, 0.717) is 12.3 Å². The lowest BCUT2D eigenvalue weighted by molar-refractivity contribution is -0.130. The summed E-state index contributed by atoms with van der Waals surface area (Å²) in [4.78, 5) is 19.3. The molecule has 5 heteroatoms. The number of likely N-dealkylation sites (tertiary alicyclic amines) is 1. The number of hydrogen-bond donors (Lipinski definition) is 0. The minimum Gasteiger partial charge on any atom is -0.460 e. The van der Waals surface area contributed by atoms with Gasteiger partial charge in [-0.3, -0.25) is 14.6 Å². The first-order valence-corrected chi connectivity index (χ1v) is 9.78. The topological polar surface area (TPSA) is 39.9 Å². The molecule has 1 aromatic heterocycles. The summed E-state index contributed by atoms with van der Waals surface area (Å²) in [6, 6.07) is 10.4. The summed E-state index contributed by atoms with van der Waals surface area (Å²) in [5, 5.41) is 1.17. The second-order valence-corrected chi connectivity index (χ2v) is 7.83. The number of carbonyl (C=O) groups is 1. The molecule has 0 saturated carbocycles. The lowest BCUT2D eigenvalue weighted by atomic mass is 9.86. The van der Waals surface area contributed by atoms with E-state index >= 15 is 0 Å². The summed E-state index contributed by atoms with van der Waals surface area (Å²) >= 11 is 0. The number of para-hydroxylation sites is 1. The van der Waals surface area contributed by atoms with E-state index in [2.05, 4.69) is 42.0 Å². The number of amides is 1. The Kier molecular flexibility index (Phi) is 4.76. The van der Waals surface area contributed by atoms with Crippen molar-refractivity contribution in [3.05, 3.63) is 36.1 Å². The van der Waals surface area contributed by atoms with Crippen LogP contribution in [0.25, 0.3) is 11.0 Å². The highest BCUT2D eigenvalue weighted by Gasteiger charge is 2.42. The van der Waals surface area contributed by atoms with Crippen LogP contribution in [0.1, 0.15) is 31.9 Å². The second kappa shape index (κ2) is 7.05. The van der Waals surface area contributed by atoms with Gasteiger partial charge in [0.15, 0.2) is 0 Å². The summed E-state index contributed by atoms with van der Waals surface area (Å²) in [5.74, 6) is 1.35. The number of nitrogens with zero attached hydrogens (tertiary/aromatic N) is 3. The van der Waals surface area contributed by atoms with Crippen LogP contribution >= 0.6 is 0 Å². The van der Waals surface area contributed by atoms with Gasteiger partial charge in [0.05, 0.1) is 6.54 Å². The average molecular weight is 355 g/mol. The van der Waals surface area contributed by atoms with Gasteiger partial charge in [-0.25, -0.2) is 0 Å². The molecule has 1 amide bonds. The molecule has 1 spiro atoms. The zero-order chi connectivity index (χ0) is 18.1. The number of fused-ring (bicyclic) bond motifs is 1. The molecule has 140 valence electrons. The maximum absolute atomic E-state index is 12.3. The van der Waals surface area contributed by atoms with Crippen LogP contribution in [0, 0.1) is 0 Å². The van der Waals surface area contributed by atoms with Crippen molar-refractivity contribution >= 4 is 16.9 Å². The molecule has 2 aliphatic rings. The number of rotatable bonds is 3. The summed E-state index contributed by atoms with van der Waals surface area (Å²) in [6.45, 7) is 7.70. The van der Waals surface area contributed by atoms with Crippen molar-refractivity contribution in [2.75, 3.05) is 39.8 Å². The van der Waals surface area contributed by atoms with Crippen LogP contribution in [0.4, 0.5) is 0 Å². The van der Waals surface area contributed by atoms with Gasteiger partial charge in [-0.2, -0.15) is 0 Å². The quantitative estimate of drug-likeness (QED) is 0.849. The van der Waals surface area contributed by atoms with E-state index in [1.807, 2.05) is 17.0 Å². The molecule has 2 saturated heterocycles. The lowest BCUT2D eigenvalue weighted by Gasteiger charge is -2.49. The Morgan fingerprint density at radius 3 is 2.81 bits per heavy atom. The standard InChI is InChI=1S/C21H29N3O2/c1-3-24-11-10-21(9-8-20(24)25)16-23(13-12-22(21)2)15-18-14-17-6-4-5-7-19(17)26-18/h4-7,14H,3,8-13,15-16H2,1-2H3/t21-/m0/s1. The van der Waals surface area contributed by atoms with Gasteiger partial charge < -0.3 is 9.32 Å². The molecule has 4 rings (SSSR count).